The van der Waals surface area contributed by atoms with Gasteiger partial charge in [0.2, 0.25) is 0 Å². The number of rotatable bonds is 3. The first-order valence-corrected chi connectivity index (χ1v) is 6.11. The van der Waals surface area contributed by atoms with Crippen molar-refractivity contribution in [3.63, 3.8) is 0 Å². The lowest BCUT2D eigenvalue weighted by atomic mass is 10.2. The molecule has 0 amide bonds. The molecule has 0 aromatic carbocycles. The van der Waals surface area contributed by atoms with E-state index in [0.717, 1.165) is 30.5 Å². The molecule has 1 saturated carbocycles. The summed E-state index contributed by atoms with van der Waals surface area (Å²) in [6, 6.07) is 1.78. The van der Waals surface area contributed by atoms with Crippen LogP contribution in [-0.2, 0) is 0 Å². The van der Waals surface area contributed by atoms with Crippen LogP contribution in [0, 0.1) is 6.92 Å². The van der Waals surface area contributed by atoms with Crippen molar-refractivity contribution in [2.45, 2.75) is 25.7 Å². The molecule has 5 nitrogen and oxygen atoms in total. The number of aromatic nitrogens is 4. The predicted molar refractivity (Wildman–Crippen MR) is 66.3 cm³/mol. The van der Waals surface area contributed by atoms with Crippen LogP contribution >= 0.6 is 11.6 Å². The molecule has 0 radical (unpaired) electrons. The van der Waals surface area contributed by atoms with E-state index in [1.165, 1.54) is 11.0 Å². The van der Waals surface area contributed by atoms with Crippen LogP contribution in [0.5, 0.6) is 0 Å². The number of aryl methyl sites for hydroxylation is 1. The van der Waals surface area contributed by atoms with E-state index >= 15 is 0 Å². The van der Waals surface area contributed by atoms with Crippen LogP contribution < -0.4 is 0 Å². The van der Waals surface area contributed by atoms with Crippen molar-refractivity contribution in [3.8, 4) is 5.82 Å². The van der Waals surface area contributed by atoms with E-state index in [4.69, 9.17) is 11.6 Å². The van der Waals surface area contributed by atoms with Crippen LogP contribution in [0.4, 0.5) is 0 Å². The molecule has 0 aliphatic heterocycles. The summed E-state index contributed by atoms with van der Waals surface area (Å²) >= 11 is 6.20. The Labute approximate surface area is 109 Å². The lowest BCUT2D eigenvalue weighted by Gasteiger charge is -2.01. The molecule has 1 fully saturated rings. The van der Waals surface area contributed by atoms with Crippen LogP contribution in [0.25, 0.3) is 5.82 Å². The van der Waals surface area contributed by atoms with E-state index < -0.39 is 0 Å². The smallest absolute Gasteiger partial charge is 0.158 e. The van der Waals surface area contributed by atoms with Crippen molar-refractivity contribution in [1.29, 1.82) is 0 Å². The van der Waals surface area contributed by atoms with Crippen molar-refractivity contribution in [2.75, 3.05) is 0 Å². The normalized spacial score (nSPS) is 14.8. The zero-order valence-corrected chi connectivity index (χ0v) is 10.6. The molecule has 2 aromatic rings. The van der Waals surface area contributed by atoms with Gasteiger partial charge in [-0.25, -0.2) is 14.6 Å². The van der Waals surface area contributed by atoms with Crippen LogP contribution in [-0.4, -0.2) is 26.0 Å². The summed E-state index contributed by atoms with van der Waals surface area (Å²) in [4.78, 5) is 19.3. The van der Waals surface area contributed by atoms with Crippen molar-refractivity contribution < 1.29 is 4.79 Å². The van der Waals surface area contributed by atoms with Gasteiger partial charge in [-0.2, -0.15) is 5.10 Å². The molecule has 0 bridgehead atoms. The van der Waals surface area contributed by atoms with Gasteiger partial charge in [-0.05, 0) is 19.8 Å². The Kier molecular flexibility index (Phi) is 2.63. The minimum atomic E-state index is 0.324. The van der Waals surface area contributed by atoms with Gasteiger partial charge >= 0.3 is 0 Å². The Morgan fingerprint density at radius 1 is 1.44 bits per heavy atom. The summed E-state index contributed by atoms with van der Waals surface area (Å²) in [7, 11) is 0. The lowest BCUT2D eigenvalue weighted by Crippen LogP contribution is -2.01. The van der Waals surface area contributed by atoms with Gasteiger partial charge in [0.1, 0.15) is 11.5 Å². The van der Waals surface area contributed by atoms with E-state index in [-0.39, 0.29) is 0 Å². The van der Waals surface area contributed by atoms with Gasteiger partial charge in [0.15, 0.2) is 12.1 Å². The first-order chi connectivity index (χ1) is 8.70. The van der Waals surface area contributed by atoms with Gasteiger partial charge in [0, 0.05) is 17.7 Å². The van der Waals surface area contributed by atoms with Crippen molar-refractivity contribution in [2.24, 2.45) is 0 Å². The summed E-state index contributed by atoms with van der Waals surface area (Å²) in [6.07, 6.45) is 4.36. The monoisotopic (exact) mass is 262 g/mol. The molecule has 0 N–H and O–H groups in total. The Bertz CT molecular complexity index is 619. The second-order valence-corrected chi connectivity index (χ2v) is 4.77. The fourth-order valence-corrected chi connectivity index (χ4v) is 2.17. The zero-order valence-electron chi connectivity index (χ0n) is 9.80. The van der Waals surface area contributed by atoms with Crippen molar-refractivity contribution in [3.05, 3.63) is 34.5 Å². The molecule has 0 spiro atoms. The second kappa shape index (κ2) is 4.17. The summed E-state index contributed by atoms with van der Waals surface area (Å²) < 4.78 is 1.51. The number of carbonyl (C=O) groups is 1. The van der Waals surface area contributed by atoms with Crippen LogP contribution in [0.3, 0.4) is 0 Å². The maximum Gasteiger partial charge on any atom is 0.158 e. The highest BCUT2D eigenvalue weighted by molar-refractivity contribution is 6.32. The minimum absolute atomic E-state index is 0.324. The fourth-order valence-electron chi connectivity index (χ4n) is 1.90. The molecule has 3 rings (SSSR count). The second-order valence-electron chi connectivity index (χ2n) is 4.41. The van der Waals surface area contributed by atoms with Gasteiger partial charge in [0.05, 0.1) is 11.3 Å². The third-order valence-corrected chi connectivity index (χ3v) is 3.34. The number of hydrogen-bond acceptors (Lipinski definition) is 4. The van der Waals surface area contributed by atoms with E-state index in [0.29, 0.717) is 22.5 Å². The van der Waals surface area contributed by atoms with Crippen LogP contribution in [0.2, 0.25) is 5.15 Å². The summed E-state index contributed by atoms with van der Waals surface area (Å²) in [5, 5.41) is 4.74. The topological polar surface area (TPSA) is 60.7 Å². The Balaban J connectivity index is 2.15. The Morgan fingerprint density at radius 2 is 2.22 bits per heavy atom. The average Bonchev–Trinajstić information content (AvgIpc) is 3.13. The van der Waals surface area contributed by atoms with Crippen molar-refractivity contribution >= 4 is 17.9 Å². The molecule has 18 heavy (non-hydrogen) atoms. The molecule has 1 aliphatic carbocycles. The number of aldehydes is 1. The van der Waals surface area contributed by atoms with Gasteiger partial charge < -0.3 is 0 Å². The van der Waals surface area contributed by atoms with E-state index in [2.05, 4.69) is 15.1 Å². The summed E-state index contributed by atoms with van der Waals surface area (Å²) in [5.41, 5.74) is 2.09. The SMILES string of the molecule is Cc1cc(-n2nc(C3CC3)c(C=O)c2Cl)ncn1. The van der Waals surface area contributed by atoms with E-state index in [9.17, 15) is 4.79 Å². The van der Waals surface area contributed by atoms with Gasteiger partial charge in [-0.15, -0.1) is 0 Å². The summed E-state index contributed by atoms with van der Waals surface area (Å²) in [6.45, 7) is 1.87. The molecule has 2 heterocycles. The highest BCUT2D eigenvalue weighted by atomic mass is 35.5. The van der Waals surface area contributed by atoms with Gasteiger partial charge in [-0.1, -0.05) is 11.6 Å². The zero-order chi connectivity index (χ0) is 12.7. The van der Waals surface area contributed by atoms with E-state index in [1.54, 1.807) is 6.07 Å². The molecular weight excluding hydrogens is 252 g/mol. The van der Waals surface area contributed by atoms with Crippen LogP contribution in [0.15, 0.2) is 12.4 Å². The number of carbonyl (C=O) groups excluding carboxylic acids is 1. The maximum atomic E-state index is 11.1. The first-order valence-electron chi connectivity index (χ1n) is 5.73. The van der Waals surface area contributed by atoms with E-state index in [1.807, 2.05) is 6.92 Å². The third kappa shape index (κ3) is 1.80. The molecule has 0 saturated heterocycles. The highest BCUT2D eigenvalue weighted by Gasteiger charge is 2.31. The minimum Gasteiger partial charge on any atom is -0.298 e. The molecule has 0 unspecified atom stereocenters. The Morgan fingerprint density at radius 3 is 2.83 bits per heavy atom. The highest BCUT2D eigenvalue weighted by Crippen LogP contribution is 2.42. The molecule has 92 valence electrons. The standard InChI is InChI=1S/C12H11ClN4O/c1-7-4-10(15-6-14-7)17-12(13)9(5-18)11(16-17)8-2-3-8/h4-6,8H,2-3H2,1H3. The molecule has 1 aliphatic rings. The van der Waals surface area contributed by atoms with Crippen molar-refractivity contribution in [1.82, 2.24) is 19.7 Å². The van der Waals surface area contributed by atoms with Gasteiger partial charge in [0.25, 0.3) is 0 Å². The number of halogens is 1. The lowest BCUT2D eigenvalue weighted by molar-refractivity contribution is 0.112. The molecular formula is C12H11ClN4O. The molecule has 2 aromatic heterocycles. The average molecular weight is 263 g/mol. The first kappa shape index (κ1) is 11.3. The predicted octanol–water partition coefficient (Wildman–Crippen LogP) is 2.31. The van der Waals surface area contributed by atoms with Gasteiger partial charge in [-0.3, -0.25) is 4.79 Å². The number of nitrogens with zero attached hydrogens (tertiary/aromatic N) is 4. The molecule has 0 atom stereocenters. The Hall–Kier alpha value is -1.75. The maximum absolute atomic E-state index is 11.1. The summed E-state index contributed by atoms with van der Waals surface area (Å²) in [5.74, 6) is 0.953. The number of hydrogen-bond donors (Lipinski definition) is 0. The van der Waals surface area contributed by atoms with Crippen LogP contribution in [0.1, 0.15) is 40.5 Å². The quantitative estimate of drug-likeness (QED) is 0.797. The fraction of sp³-hybridized carbons (Fsp3) is 0.333. The largest absolute Gasteiger partial charge is 0.298 e. The molecule has 6 heteroatoms. The third-order valence-electron chi connectivity index (χ3n) is 2.98.